The Labute approximate surface area is 129 Å². The van der Waals surface area contributed by atoms with Gasteiger partial charge in [0.05, 0.1) is 6.54 Å². The van der Waals surface area contributed by atoms with Crippen LogP contribution in [0.15, 0.2) is 22.7 Å². The van der Waals surface area contributed by atoms with Crippen molar-refractivity contribution in [2.75, 3.05) is 7.05 Å². The summed E-state index contributed by atoms with van der Waals surface area (Å²) in [5.74, 6) is 1.06. The van der Waals surface area contributed by atoms with Crippen LogP contribution >= 0.6 is 15.9 Å². The highest BCUT2D eigenvalue weighted by molar-refractivity contribution is 9.10. The first-order valence-electron chi connectivity index (χ1n) is 6.67. The molecule has 0 aliphatic carbocycles. The normalized spacial score (nSPS) is 13.3. The minimum Gasteiger partial charge on any atom is -0.334 e. The van der Waals surface area contributed by atoms with Crippen molar-refractivity contribution in [1.29, 1.82) is 0 Å². The van der Waals surface area contributed by atoms with Gasteiger partial charge in [-0.15, -0.1) is 10.2 Å². The molecule has 2 aromatic rings. The maximum atomic E-state index is 13.4. The van der Waals surface area contributed by atoms with Crippen molar-refractivity contribution in [3.8, 4) is 0 Å². The molecule has 0 unspecified atom stereocenters. The molecule has 0 saturated carbocycles. The Morgan fingerprint density at radius 2 is 2.24 bits per heavy atom. The number of rotatable bonds is 3. The molecule has 1 aliphatic rings. The van der Waals surface area contributed by atoms with Gasteiger partial charge in [0, 0.05) is 30.0 Å². The molecule has 1 amide bonds. The Morgan fingerprint density at radius 1 is 1.43 bits per heavy atom. The summed E-state index contributed by atoms with van der Waals surface area (Å²) in [7, 11) is 1.68. The van der Waals surface area contributed by atoms with Crippen LogP contribution in [0.25, 0.3) is 0 Å². The lowest BCUT2D eigenvalue weighted by molar-refractivity contribution is 0.0779. The molecule has 0 spiro atoms. The first-order valence-corrected chi connectivity index (χ1v) is 7.46. The summed E-state index contributed by atoms with van der Waals surface area (Å²) in [5.41, 5.74) is 0.311. The standard InChI is InChI=1S/C14H14BrFN4O/c1-19(8-13-18-17-12-3-2-4-20(12)13)14(21)9-5-10(15)7-11(16)6-9/h5-7H,2-4,8H2,1H3. The Kier molecular flexibility index (Phi) is 3.75. The zero-order valence-electron chi connectivity index (χ0n) is 11.5. The summed E-state index contributed by atoms with van der Waals surface area (Å²) in [5, 5.41) is 8.24. The first-order chi connectivity index (χ1) is 10.0. The molecule has 0 radical (unpaired) electrons. The zero-order valence-corrected chi connectivity index (χ0v) is 13.1. The molecule has 3 rings (SSSR count). The van der Waals surface area contributed by atoms with Gasteiger partial charge in [-0.1, -0.05) is 15.9 Å². The van der Waals surface area contributed by atoms with E-state index in [9.17, 15) is 9.18 Å². The Bertz CT molecular complexity index is 680. The Balaban J connectivity index is 1.78. The second kappa shape index (κ2) is 5.55. The molecule has 0 atom stereocenters. The van der Waals surface area contributed by atoms with E-state index < -0.39 is 5.82 Å². The van der Waals surface area contributed by atoms with Gasteiger partial charge in [-0.2, -0.15) is 0 Å². The van der Waals surface area contributed by atoms with Crippen LogP contribution in [0.4, 0.5) is 4.39 Å². The smallest absolute Gasteiger partial charge is 0.254 e. The first kappa shape index (κ1) is 14.2. The molecule has 0 fully saturated rings. The predicted octanol–water partition coefficient (Wildman–Crippen LogP) is 2.40. The topological polar surface area (TPSA) is 51.0 Å². The third-order valence-electron chi connectivity index (χ3n) is 3.52. The van der Waals surface area contributed by atoms with Crippen LogP contribution in [0.5, 0.6) is 0 Å². The van der Waals surface area contributed by atoms with Crippen LogP contribution in [-0.4, -0.2) is 32.6 Å². The van der Waals surface area contributed by atoms with E-state index in [-0.39, 0.29) is 5.91 Å². The van der Waals surface area contributed by atoms with Crippen LogP contribution in [0, 0.1) is 5.82 Å². The van der Waals surface area contributed by atoms with Crippen molar-refractivity contribution in [1.82, 2.24) is 19.7 Å². The Morgan fingerprint density at radius 3 is 3.00 bits per heavy atom. The lowest BCUT2D eigenvalue weighted by Crippen LogP contribution is -2.27. The average Bonchev–Trinajstić information content (AvgIpc) is 3.01. The van der Waals surface area contributed by atoms with E-state index >= 15 is 0 Å². The van der Waals surface area contributed by atoms with Gasteiger partial charge in [0.15, 0.2) is 5.82 Å². The van der Waals surface area contributed by atoms with E-state index in [4.69, 9.17) is 0 Å². The summed E-state index contributed by atoms with van der Waals surface area (Å²) >= 11 is 3.19. The van der Waals surface area contributed by atoms with Crippen molar-refractivity contribution < 1.29 is 9.18 Å². The molecule has 0 N–H and O–H groups in total. The maximum absolute atomic E-state index is 13.4. The number of carbonyl (C=O) groups is 1. The predicted molar refractivity (Wildman–Crippen MR) is 78.2 cm³/mol. The van der Waals surface area contributed by atoms with Crippen molar-refractivity contribution in [2.45, 2.75) is 25.9 Å². The van der Waals surface area contributed by atoms with Crippen molar-refractivity contribution in [3.63, 3.8) is 0 Å². The van der Waals surface area contributed by atoms with Crippen molar-refractivity contribution in [2.24, 2.45) is 0 Å². The summed E-state index contributed by atoms with van der Waals surface area (Å²) in [6, 6.07) is 4.16. The minimum absolute atomic E-state index is 0.245. The molecule has 21 heavy (non-hydrogen) atoms. The molecule has 110 valence electrons. The molecule has 0 bridgehead atoms. The summed E-state index contributed by atoms with van der Waals surface area (Å²) < 4.78 is 16.0. The number of benzene rings is 1. The van der Waals surface area contributed by atoms with E-state index in [0.717, 1.165) is 31.0 Å². The molecule has 7 heteroatoms. The van der Waals surface area contributed by atoms with Gasteiger partial charge in [-0.25, -0.2) is 4.39 Å². The van der Waals surface area contributed by atoms with Gasteiger partial charge in [-0.3, -0.25) is 4.79 Å². The molecule has 1 aromatic carbocycles. The summed E-state index contributed by atoms with van der Waals surface area (Å²) in [4.78, 5) is 13.9. The van der Waals surface area contributed by atoms with Crippen LogP contribution < -0.4 is 0 Å². The van der Waals surface area contributed by atoms with Gasteiger partial charge >= 0.3 is 0 Å². The largest absolute Gasteiger partial charge is 0.334 e. The van der Waals surface area contributed by atoms with Crippen molar-refractivity contribution >= 4 is 21.8 Å². The summed E-state index contributed by atoms with van der Waals surface area (Å²) in [6.45, 7) is 1.26. The summed E-state index contributed by atoms with van der Waals surface area (Å²) in [6.07, 6.45) is 1.99. The average molecular weight is 353 g/mol. The molecule has 0 saturated heterocycles. The number of nitrogens with zero attached hydrogens (tertiary/aromatic N) is 4. The zero-order chi connectivity index (χ0) is 15.0. The second-order valence-electron chi connectivity index (χ2n) is 5.11. The highest BCUT2D eigenvalue weighted by Gasteiger charge is 2.20. The minimum atomic E-state index is -0.440. The van der Waals surface area contributed by atoms with Crippen LogP contribution in [0.1, 0.15) is 28.4 Å². The highest BCUT2D eigenvalue weighted by atomic mass is 79.9. The molecular weight excluding hydrogens is 339 g/mol. The van der Waals surface area contributed by atoms with Crippen molar-refractivity contribution in [3.05, 3.63) is 45.7 Å². The fraction of sp³-hybridized carbons (Fsp3) is 0.357. The van der Waals surface area contributed by atoms with E-state index in [1.54, 1.807) is 13.1 Å². The monoisotopic (exact) mass is 352 g/mol. The third kappa shape index (κ3) is 2.83. The number of hydrogen-bond donors (Lipinski definition) is 0. The van der Waals surface area contributed by atoms with E-state index in [2.05, 4.69) is 26.1 Å². The SMILES string of the molecule is CN(Cc1nnc2n1CCC2)C(=O)c1cc(F)cc(Br)c1. The van der Waals surface area contributed by atoms with Gasteiger partial charge in [0.25, 0.3) is 5.91 Å². The quantitative estimate of drug-likeness (QED) is 0.852. The highest BCUT2D eigenvalue weighted by Crippen LogP contribution is 2.18. The molecule has 1 aromatic heterocycles. The van der Waals surface area contributed by atoms with Crippen LogP contribution in [-0.2, 0) is 19.5 Å². The number of halogens is 2. The number of fused-ring (bicyclic) bond motifs is 1. The number of hydrogen-bond acceptors (Lipinski definition) is 3. The fourth-order valence-corrected chi connectivity index (χ4v) is 2.97. The van der Waals surface area contributed by atoms with E-state index in [1.165, 1.54) is 17.0 Å². The molecule has 1 aliphatic heterocycles. The number of aromatic nitrogens is 3. The van der Waals surface area contributed by atoms with Gasteiger partial charge < -0.3 is 9.47 Å². The fourth-order valence-electron chi connectivity index (χ4n) is 2.51. The molecular formula is C14H14BrFN4O. The van der Waals surface area contributed by atoms with E-state index in [0.29, 0.717) is 16.6 Å². The number of aryl methyl sites for hydroxylation is 1. The third-order valence-corrected chi connectivity index (χ3v) is 3.98. The second-order valence-corrected chi connectivity index (χ2v) is 6.02. The number of carbonyl (C=O) groups excluding carboxylic acids is 1. The van der Waals surface area contributed by atoms with Gasteiger partial charge in [-0.05, 0) is 24.6 Å². The van der Waals surface area contributed by atoms with E-state index in [1.807, 2.05) is 4.57 Å². The van der Waals surface area contributed by atoms with Crippen LogP contribution in [0.2, 0.25) is 0 Å². The Hall–Kier alpha value is -1.76. The lowest BCUT2D eigenvalue weighted by Gasteiger charge is -2.17. The number of amides is 1. The molecule has 2 heterocycles. The lowest BCUT2D eigenvalue weighted by atomic mass is 10.2. The van der Waals surface area contributed by atoms with Gasteiger partial charge in [0.2, 0.25) is 0 Å². The van der Waals surface area contributed by atoms with Gasteiger partial charge in [0.1, 0.15) is 11.6 Å². The maximum Gasteiger partial charge on any atom is 0.254 e. The molecule has 5 nitrogen and oxygen atoms in total. The van der Waals surface area contributed by atoms with Crippen LogP contribution in [0.3, 0.4) is 0 Å².